The van der Waals surface area contributed by atoms with Gasteiger partial charge in [0.25, 0.3) is 10.2 Å². The SMILES string of the molecule is CCCNC1CCN(S(=O)(=O)N2CCCCC2C)CC1. The van der Waals surface area contributed by atoms with E-state index in [0.717, 1.165) is 45.1 Å². The highest BCUT2D eigenvalue weighted by molar-refractivity contribution is 7.86. The van der Waals surface area contributed by atoms with Gasteiger partial charge in [-0.25, -0.2) is 0 Å². The van der Waals surface area contributed by atoms with Crippen LogP contribution in [0.2, 0.25) is 0 Å². The minimum atomic E-state index is -3.24. The van der Waals surface area contributed by atoms with Crippen LogP contribution in [0.5, 0.6) is 0 Å². The average Bonchev–Trinajstić information content (AvgIpc) is 2.46. The van der Waals surface area contributed by atoms with E-state index < -0.39 is 10.2 Å². The van der Waals surface area contributed by atoms with E-state index in [2.05, 4.69) is 12.2 Å². The van der Waals surface area contributed by atoms with Crippen molar-refractivity contribution in [3.8, 4) is 0 Å². The van der Waals surface area contributed by atoms with Crippen LogP contribution in [0.15, 0.2) is 0 Å². The molecule has 0 amide bonds. The van der Waals surface area contributed by atoms with Crippen molar-refractivity contribution in [3.05, 3.63) is 0 Å². The highest BCUT2D eigenvalue weighted by Gasteiger charge is 2.36. The van der Waals surface area contributed by atoms with Gasteiger partial charge in [0.05, 0.1) is 0 Å². The van der Waals surface area contributed by atoms with Crippen molar-refractivity contribution in [2.45, 2.75) is 64.5 Å². The Morgan fingerprint density at radius 2 is 1.80 bits per heavy atom. The summed E-state index contributed by atoms with van der Waals surface area (Å²) in [5.41, 5.74) is 0. The molecule has 2 heterocycles. The Labute approximate surface area is 123 Å². The van der Waals surface area contributed by atoms with Crippen molar-refractivity contribution in [1.82, 2.24) is 13.9 Å². The third-order valence-electron chi connectivity index (χ3n) is 4.50. The number of rotatable bonds is 5. The summed E-state index contributed by atoms with van der Waals surface area (Å²) >= 11 is 0. The molecule has 5 nitrogen and oxygen atoms in total. The molecule has 118 valence electrons. The molecule has 2 aliphatic heterocycles. The summed E-state index contributed by atoms with van der Waals surface area (Å²) < 4.78 is 28.8. The molecule has 0 radical (unpaired) electrons. The van der Waals surface area contributed by atoms with E-state index in [9.17, 15) is 8.42 Å². The Kier molecular flexibility index (Phi) is 5.84. The van der Waals surface area contributed by atoms with Crippen molar-refractivity contribution in [2.24, 2.45) is 0 Å². The first kappa shape index (κ1) is 16.2. The molecule has 2 fully saturated rings. The summed E-state index contributed by atoms with van der Waals surface area (Å²) in [5, 5.41) is 3.50. The van der Waals surface area contributed by atoms with Crippen molar-refractivity contribution in [1.29, 1.82) is 0 Å². The largest absolute Gasteiger partial charge is 0.314 e. The molecule has 2 rings (SSSR count). The smallest absolute Gasteiger partial charge is 0.282 e. The molecular formula is C14H29N3O2S. The monoisotopic (exact) mass is 303 g/mol. The quantitative estimate of drug-likeness (QED) is 0.839. The molecule has 0 bridgehead atoms. The highest BCUT2D eigenvalue weighted by Crippen LogP contribution is 2.24. The lowest BCUT2D eigenvalue weighted by atomic mass is 10.1. The fourth-order valence-electron chi connectivity index (χ4n) is 3.20. The zero-order valence-corrected chi connectivity index (χ0v) is 13.7. The van der Waals surface area contributed by atoms with Gasteiger partial charge in [0.2, 0.25) is 0 Å². The van der Waals surface area contributed by atoms with Gasteiger partial charge in [0.1, 0.15) is 0 Å². The fraction of sp³-hybridized carbons (Fsp3) is 1.00. The summed E-state index contributed by atoms with van der Waals surface area (Å²) in [4.78, 5) is 0. The molecule has 1 atom stereocenters. The van der Waals surface area contributed by atoms with Crippen LogP contribution in [0, 0.1) is 0 Å². The number of hydrogen-bond donors (Lipinski definition) is 1. The molecule has 20 heavy (non-hydrogen) atoms. The van der Waals surface area contributed by atoms with E-state index >= 15 is 0 Å². The molecule has 6 heteroatoms. The Hall–Kier alpha value is -0.170. The van der Waals surface area contributed by atoms with Gasteiger partial charge in [-0.2, -0.15) is 17.0 Å². The van der Waals surface area contributed by atoms with E-state index in [0.29, 0.717) is 25.7 Å². The Morgan fingerprint density at radius 1 is 1.10 bits per heavy atom. The predicted molar refractivity (Wildman–Crippen MR) is 81.8 cm³/mol. The third kappa shape index (κ3) is 3.72. The van der Waals surface area contributed by atoms with Crippen LogP contribution in [0.3, 0.4) is 0 Å². The minimum absolute atomic E-state index is 0.157. The van der Waals surface area contributed by atoms with Gasteiger partial charge in [-0.05, 0) is 45.6 Å². The minimum Gasteiger partial charge on any atom is -0.314 e. The summed E-state index contributed by atoms with van der Waals surface area (Å²) in [5.74, 6) is 0. The lowest BCUT2D eigenvalue weighted by Crippen LogP contribution is -2.53. The van der Waals surface area contributed by atoms with Gasteiger partial charge in [0.15, 0.2) is 0 Å². The maximum atomic E-state index is 12.7. The summed E-state index contributed by atoms with van der Waals surface area (Å²) in [7, 11) is -3.24. The lowest BCUT2D eigenvalue weighted by molar-refractivity contribution is 0.224. The van der Waals surface area contributed by atoms with Gasteiger partial charge in [-0.3, -0.25) is 0 Å². The lowest BCUT2D eigenvalue weighted by Gasteiger charge is -2.39. The van der Waals surface area contributed by atoms with E-state index in [4.69, 9.17) is 0 Å². The van der Waals surface area contributed by atoms with Gasteiger partial charge in [-0.15, -0.1) is 0 Å². The molecule has 0 aliphatic carbocycles. The van der Waals surface area contributed by atoms with Crippen molar-refractivity contribution < 1.29 is 8.42 Å². The standard InChI is InChI=1S/C14H29N3O2S/c1-3-9-15-14-7-11-16(12-8-14)20(18,19)17-10-5-4-6-13(17)2/h13-15H,3-12H2,1-2H3. The third-order valence-corrected chi connectivity index (χ3v) is 6.65. The molecular weight excluding hydrogens is 274 g/mol. The molecule has 2 saturated heterocycles. The van der Waals surface area contributed by atoms with Crippen LogP contribution in [-0.2, 0) is 10.2 Å². The van der Waals surface area contributed by atoms with E-state index in [1.165, 1.54) is 0 Å². The predicted octanol–water partition coefficient (Wildman–Crippen LogP) is 1.57. The Balaban J connectivity index is 1.91. The van der Waals surface area contributed by atoms with Crippen molar-refractivity contribution >= 4 is 10.2 Å². The number of hydrogen-bond acceptors (Lipinski definition) is 3. The van der Waals surface area contributed by atoms with Crippen LogP contribution in [0.4, 0.5) is 0 Å². The Morgan fingerprint density at radius 3 is 2.40 bits per heavy atom. The molecule has 0 aromatic rings. The van der Waals surface area contributed by atoms with Crippen LogP contribution < -0.4 is 5.32 Å². The number of nitrogens with one attached hydrogen (secondary N) is 1. The number of nitrogens with zero attached hydrogens (tertiary/aromatic N) is 2. The first-order valence-electron chi connectivity index (χ1n) is 8.06. The summed E-state index contributed by atoms with van der Waals surface area (Å²) in [6.07, 6.45) is 6.13. The second-order valence-electron chi connectivity index (χ2n) is 6.09. The zero-order chi connectivity index (χ0) is 14.6. The molecule has 0 spiro atoms. The van der Waals surface area contributed by atoms with E-state index in [1.54, 1.807) is 8.61 Å². The topological polar surface area (TPSA) is 52.7 Å². The van der Waals surface area contributed by atoms with Crippen molar-refractivity contribution in [2.75, 3.05) is 26.2 Å². The maximum absolute atomic E-state index is 12.7. The zero-order valence-electron chi connectivity index (χ0n) is 12.8. The summed E-state index contributed by atoms with van der Waals surface area (Å²) in [6, 6.07) is 0.643. The van der Waals surface area contributed by atoms with E-state index in [1.807, 2.05) is 6.92 Å². The van der Waals surface area contributed by atoms with Gasteiger partial charge in [-0.1, -0.05) is 13.3 Å². The van der Waals surface area contributed by atoms with Crippen LogP contribution in [0.25, 0.3) is 0 Å². The molecule has 0 saturated carbocycles. The second-order valence-corrected chi connectivity index (χ2v) is 7.97. The molecule has 2 aliphatic rings. The summed E-state index contributed by atoms with van der Waals surface area (Å²) in [6.45, 7) is 7.23. The first-order chi connectivity index (χ1) is 9.55. The normalized spacial score (nSPS) is 27.8. The van der Waals surface area contributed by atoms with Gasteiger partial charge < -0.3 is 5.32 Å². The maximum Gasteiger partial charge on any atom is 0.282 e. The van der Waals surface area contributed by atoms with Gasteiger partial charge >= 0.3 is 0 Å². The van der Waals surface area contributed by atoms with Crippen LogP contribution in [-0.4, -0.2) is 55.3 Å². The second kappa shape index (κ2) is 7.20. The number of piperidine rings is 2. The highest BCUT2D eigenvalue weighted by atomic mass is 32.2. The van der Waals surface area contributed by atoms with Gasteiger partial charge in [0, 0.05) is 31.7 Å². The Bertz CT molecular complexity index is 391. The van der Waals surface area contributed by atoms with E-state index in [-0.39, 0.29) is 6.04 Å². The van der Waals surface area contributed by atoms with Crippen LogP contribution in [0.1, 0.15) is 52.4 Å². The van der Waals surface area contributed by atoms with Crippen molar-refractivity contribution in [3.63, 3.8) is 0 Å². The molecule has 0 aromatic carbocycles. The fourth-order valence-corrected chi connectivity index (χ4v) is 5.09. The first-order valence-corrected chi connectivity index (χ1v) is 9.45. The van der Waals surface area contributed by atoms with Crippen LogP contribution >= 0.6 is 0 Å². The average molecular weight is 303 g/mol. The molecule has 1 unspecified atom stereocenters. The molecule has 0 aromatic heterocycles. The molecule has 1 N–H and O–H groups in total.